The number of carbonyl (C=O) groups is 4. The monoisotopic (exact) mass is 639 g/mol. The van der Waals surface area contributed by atoms with Crippen molar-refractivity contribution in [1.29, 1.82) is 0 Å². The largest absolute Gasteiger partial charge is 0.484 e. The predicted octanol–water partition coefficient (Wildman–Crippen LogP) is 5.63. The molecule has 248 valence electrons. The minimum atomic E-state index is -1.74. The van der Waals surface area contributed by atoms with Gasteiger partial charge in [0.25, 0.3) is 5.91 Å². The molecule has 5 rings (SSSR count). The Hall–Kier alpha value is -4.50. The molecule has 4 atom stereocenters. The molecule has 1 heterocycles. The summed E-state index contributed by atoms with van der Waals surface area (Å²) >= 11 is 0. The van der Waals surface area contributed by atoms with Gasteiger partial charge in [-0.1, -0.05) is 47.5 Å². The lowest BCUT2D eigenvalue weighted by Gasteiger charge is -2.44. The number of hydrogen-bond donors (Lipinski definition) is 3. The van der Waals surface area contributed by atoms with E-state index in [9.17, 15) is 24.3 Å². The first-order valence-corrected chi connectivity index (χ1v) is 16.4. The molecule has 3 amide bonds. The van der Waals surface area contributed by atoms with Crippen LogP contribution >= 0.6 is 0 Å². The maximum Gasteiger partial charge on any atom is 0.260 e. The van der Waals surface area contributed by atoms with Gasteiger partial charge in [-0.15, -0.1) is 0 Å². The van der Waals surface area contributed by atoms with Crippen molar-refractivity contribution < 1.29 is 29.0 Å². The Morgan fingerprint density at radius 2 is 1.38 bits per heavy atom. The summed E-state index contributed by atoms with van der Waals surface area (Å²) in [6.45, 7) is 10.5. The second-order valence-electron chi connectivity index (χ2n) is 13.4. The number of aliphatic hydroxyl groups is 1. The fourth-order valence-electron chi connectivity index (χ4n) is 6.99. The summed E-state index contributed by atoms with van der Waals surface area (Å²) < 4.78 is 5.81. The molecule has 2 fully saturated rings. The van der Waals surface area contributed by atoms with Crippen molar-refractivity contribution in [2.24, 2.45) is 11.8 Å². The van der Waals surface area contributed by atoms with Crippen molar-refractivity contribution in [2.45, 2.75) is 71.8 Å². The lowest BCUT2D eigenvalue weighted by atomic mass is 9.61. The summed E-state index contributed by atoms with van der Waals surface area (Å²) in [6.07, 6.45) is 2.73. The first-order valence-electron chi connectivity index (χ1n) is 16.4. The topological polar surface area (TPSA) is 125 Å². The number of amides is 3. The Kier molecular flexibility index (Phi) is 10.2. The third-order valence-electron chi connectivity index (χ3n) is 9.45. The standard InChI is InChI=1S/C38H45N3O6/c1-23-9-15-29(25(3)19-23)39-36(44)34-31(42)21-38(5,46)35(37(45)40-30-16-10-24(2)20-26(30)4)33(34)27-11-13-28(14-12-27)47-22-32(43)41-17-7-6-8-18-41/h9-16,19-20,33-35,46H,6-8,17-18,21-22H2,1-5H3,(H,39,44)(H,40,45). The Bertz CT molecular complexity index is 1660. The number of aryl methyl sites for hydroxylation is 4. The molecular formula is C38H45N3O6. The van der Waals surface area contributed by atoms with Crippen LogP contribution in [-0.2, 0) is 19.2 Å². The molecule has 3 N–H and O–H groups in total. The molecule has 0 bridgehead atoms. The molecule has 0 aromatic heterocycles. The fourth-order valence-corrected chi connectivity index (χ4v) is 6.99. The zero-order chi connectivity index (χ0) is 33.9. The SMILES string of the molecule is Cc1ccc(NC(=O)C2C(=O)CC(C)(O)C(C(=O)Nc3ccc(C)cc3C)C2c2ccc(OCC(=O)N3CCCCC3)cc2)c(C)c1. The van der Waals surface area contributed by atoms with E-state index in [-0.39, 0.29) is 18.9 Å². The van der Waals surface area contributed by atoms with E-state index < -0.39 is 41.0 Å². The number of hydrogen-bond acceptors (Lipinski definition) is 6. The summed E-state index contributed by atoms with van der Waals surface area (Å²) in [6, 6.07) is 18.0. The molecule has 1 aliphatic carbocycles. The van der Waals surface area contributed by atoms with Crippen LogP contribution in [0, 0.1) is 39.5 Å². The fraction of sp³-hybridized carbons (Fsp3) is 0.421. The van der Waals surface area contributed by atoms with Crippen LogP contribution in [0.2, 0.25) is 0 Å². The maximum atomic E-state index is 14.1. The highest BCUT2D eigenvalue weighted by Gasteiger charge is 2.56. The maximum absolute atomic E-state index is 14.1. The summed E-state index contributed by atoms with van der Waals surface area (Å²) in [7, 11) is 0. The van der Waals surface area contributed by atoms with Crippen molar-refractivity contribution >= 4 is 34.9 Å². The third-order valence-corrected chi connectivity index (χ3v) is 9.45. The van der Waals surface area contributed by atoms with Gasteiger partial charge in [0.2, 0.25) is 11.8 Å². The highest BCUT2D eigenvalue weighted by molar-refractivity contribution is 6.10. The van der Waals surface area contributed by atoms with Gasteiger partial charge in [0.15, 0.2) is 6.61 Å². The summed E-state index contributed by atoms with van der Waals surface area (Å²) in [4.78, 5) is 56.4. The molecule has 47 heavy (non-hydrogen) atoms. The summed E-state index contributed by atoms with van der Waals surface area (Å²) in [5.41, 5.74) is 3.71. The predicted molar refractivity (Wildman–Crippen MR) is 181 cm³/mol. The normalized spacial score (nSPS) is 22.8. The number of ether oxygens (including phenoxy) is 1. The highest BCUT2D eigenvalue weighted by Crippen LogP contribution is 2.47. The zero-order valence-corrected chi connectivity index (χ0v) is 27.9. The first-order chi connectivity index (χ1) is 22.3. The van der Waals surface area contributed by atoms with E-state index in [1.165, 1.54) is 6.92 Å². The van der Waals surface area contributed by atoms with Gasteiger partial charge in [0, 0.05) is 36.8 Å². The number of nitrogens with zero attached hydrogens (tertiary/aromatic N) is 1. The first kappa shape index (κ1) is 33.9. The van der Waals surface area contributed by atoms with Crippen LogP contribution in [0.5, 0.6) is 5.75 Å². The molecule has 0 radical (unpaired) electrons. The molecule has 3 aromatic carbocycles. The van der Waals surface area contributed by atoms with Crippen molar-refractivity contribution in [1.82, 2.24) is 4.90 Å². The number of piperidine rings is 1. The number of rotatable bonds is 8. The van der Waals surface area contributed by atoms with Gasteiger partial charge in [0.05, 0.1) is 11.5 Å². The molecule has 9 nitrogen and oxygen atoms in total. The molecule has 1 saturated carbocycles. The quantitative estimate of drug-likeness (QED) is 0.275. The van der Waals surface area contributed by atoms with E-state index in [0.717, 1.165) is 54.6 Å². The lowest BCUT2D eigenvalue weighted by molar-refractivity contribution is -0.151. The second-order valence-corrected chi connectivity index (χ2v) is 13.4. The Morgan fingerprint density at radius 1 is 0.830 bits per heavy atom. The number of carbonyl (C=O) groups excluding carboxylic acids is 4. The Balaban J connectivity index is 1.47. The van der Waals surface area contributed by atoms with Crippen LogP contribution in [-0.4, -0.2) is 58.8 Å². The van der Waals surface area contributed by atoms with Crippen molar-refractivity contribution in [3.05, 3.63) is 88.5 Å². The van der Waals surface area contributed by atoms with Crippen molar-refractivity contribution in [3.63, 3.8) is 0 Å². The van der Waals surface area contributed by atoms with Gasteiger partial charge in [0.1, 0.15) is 17.5 Å². The van der Waals surface area contributed by atoms with Gasteiger partial charge < -0.3 is 25.4 Å². The Labute approximate surface area is 276 Å². The minimum Gasteiger partial charge on any atom is -0.484 e. The zero-order valence-electron chi connectivity index (χ0n) is 27.9. The van der Waals surface area contributed by atoms with Crippen LogP contribution in [0.15, 0.2) is 60.7 Å². The molecule has 4 unspecified atom stereocenters. The van der Waals surface area contributed by atoms with Gasteiger partial charge in [-0.2, -0.15) is 0 Å². The molecule has 1 saturated heterocycles. The number of benzene rings is 3. The second kappa shape index (κ2) is 14.1. The Morgan fingerprint density at radius 3 is 1.94 bits per heavy atom. The number of ketones is 1. The molecule has 0 spiro atoms. The summed E-state index contributed by atoms with van der Waals surface area (Å²) in [5.74, 6) is -4.51. The van der Waals surface area contributed by atoms with Crippen LogP contribution in [0.1, 0.15) is 66.3 Å². The number of nitrogens with one attached hydrogen (secondary N) is 2. The molecule has 1 aliphatic heterocycles. The number of likely N-dealkylation sites (tertiary alicyclic amines) is 1. The van der Waals surface area contributed by atoms with Crippen LogP contribution in [0.25, 0.3) is 0 Å². The van der Waals surface area contributed by atoms with E-state index in [2.05, 4.69) is 10.6 Å². The van der Waals surface area contributed by atoms with Crippen molar-refractivity contribution in [2.75, 3.05) is 30.3 Å². The smallest absolute Gasteiger partial charge is 0.260 e. The molecule has 9 heteroatoms. The van der Waals surface area contributed by atoms with Crippen LogP contribution < -0.4 is 15.4 Å². The third kappa shape index (κ3) is 7.73. The minimum absolute atomic E-state index is 0.0750. The molecule has 2 aliphatic rings. The number of Topliss-reactive ketones (excluding diaryl/α,β-unsaturated/α-hetero) is 1. The highest BCUT2D eigenvalue weighted by atomic mass is 16.5. The van der Waals surface area contributed by atoms with E-state index in [4.69, 9.17) is 4.74 Å². The van der Waals surface area contributed by atoms with E-state index in [1.807, 2.05) is 62.9 Å². The van der Waals surface area contributed by atoms with Crippen LogP contribution in [0.4, 0.5) is 11.4 Å². The average molecular weight is 640 g/mol. The van der Waals surface area contributed by atoms with E-state index in [0.29, 0.717) is 22.7 Å². The van der Waals surface area contributed by atoms with Crippen molar-refractivity contribution in [3.8, 4) is 5.75 Å². The molecule has 3 aromatic rings. The average Bonchev–Trinajstić information content (AvgIpc) is 3.02. The van der Waals surface area contributed by atoms with Crippen LogP contribution in [0.3, 0.4) is 0 Å². The summed E-state index contributed by atoms with van der Waals surface area (Å²) in [5, 5.41) is 17.6. The number of anilines is 2. The lowest BCUT2D eigenvalue weighted by Crippen LogP contribution is -2.56. The van der Waals surface area contributed by atoms with Gasteiger partial charge in [-0.05, 0) is 94.8 Å². The van der Waals surface area contributed by atoms with E-state index in [1.54, 1.807) is 30.3 Å². The van der Waals surface area contributed by atoms with Gasteiger partial charge in [-0.25, -0.2) is 0 Å². The van der Waals surface area contributed by atoms with Gasteiger partial charge >= 0.3 is 0 Å². The molecular weight excluding hydrogens is 594 g/mol. The van der Waals surface area contributed by atoms with E-state index >= 15 is 0 Å². The van der Waals surface area contributed by atoms with Gasteiger partial charge in [-0.3, -0.25) is 19.2 Å².